The lowest BCUT2D eigenvalue weighted by Crippen LogP contribution is -2.41. The van der Waals surface area contributed by atoms with Gasteiger partial charge in [0.25, 0.3) is 0 Å². The zero-order valence-electron chi connectivity index (χ0n) is 13.0. The fraction of sp³-hybridized carbons (Fsp3) is 0.533. The number of benzene rings is 1. The Balaban J connectivity index is 2.38. The second kappa shape index (κ2) is 6.66. The van der Waals surface area contributed by atoms with Crippen LogP contribution >= 0.6 is 0 Å². The first-order chi connectivity index (χ1) is 10.4. The molecular weight excluding hydrogens is 306 g/mol. The van der Waals surface area contributed by atoms with Crippen molar-refractivity contribution in [2.45, 2.75) is 25.4 Å². The number of methoxy groups -OCH3 is 2. The van der Waals surface area contributed by atoms with Crippen molar-refractivity contribution < 1.29 is 22.7 Å². The number of para-hydroxylation sites is 1. The van der Waals surface area contributed by atoms with E-state index in [1.165, 1.54) is 18.5 Å². The predicted molar refractivity (Wildman–Crippen MR) is 83.4 cm³/mol. The Kier molecular flexibility index (Phi) is 5.08. The molecule has 0 spiro atoms. The van der Waals surface area contributed by atoms with Crippen LogP contribution in [0.4, 0.5) is 5.69 Å². The minimum Gasteiger partial charge on any atom is -0.469 e. The molecule has 0 unspecified atom stereocenters. The normalized spacial score (nSPS) is 19.4. The van der Waals surface area contributed by atoms with Gasteiger partial charge >= 0.3 is 5.97 Å². The highest BCUT2D eigenvalue weighted by Crippen LogP contribution is 2.37. The van der Waals surface area contributed by atoms with Gasteiger partial charge in [-0.15, -0.1) is 0 Å². The summed E-state index contributed by atoms with van der Waals surface area (Å²) in [5.74, 6) is -0.858. The smallest absolute Gasteiger partial charge is 0.313 e. The number of carbonyl (C=O) groups is 1. The van der Waals surface area contributed by atoms with E-state index < -0.39 is 22.0 Å². The molecule has 2 atom stereocenters. The highest BCUT2D eigenvalue weighted by atomic mass is 32.2. The highest BCUT2D eigenvalue weighted by Gasteiger charge is 2.35. The summed E-state index contributed by atoms with van der Waals surface area (Å²) in [5, 5.41) is 0. The van der Waals surface area contributed by atoms with Gasteiger partial charge in [-0.3, -0.25) is 9.10 Å². The Bertz CT molecular complexity index is 643. The van der Waals surface area contributed by atoms with E-state index in [-0.39, 0.29) is 18.3 Å². The van der Waals surface area contributed by atoms with Crippen molar-refractivity contribution in [3.8, 4) is 0 Å². The number of rotatable bonds is 5. The van der Waals surface area contributed by atoms with Crippen molar-refractivity contribution in [3.05, 3.63) is 29.8 Å². The van der Waals surface area contributed by atoms with Gasteiger partial charge in [0.15, 0.2) is 0 Å². The summed E-state index contributed by atoms with van der Waals surface area (Å²) in [4.78, 5) is 11.9. The first-order valence-corrected chi connectivity index (χ1v) is 8.71. The van der Waals surface area contributed by atoms with Crippen LogP contribution < -0.4 is 4.31 Å². The topological polar surface area (TPSA) is 72.9 Å². The first-order valence-electron chi connectivity index (χ1n) is 7.10. The van der Waals surface area contributed by atoms with E-state index >= 15 is 0 Å². The highest BCUT2D eigenvalue weighted by molar-refractivity contribution is 7.92. The molecule has 122 valence electrons. The van der Waals surface area contributed by atoms with Gasteiger partial charge in [0.1, 0.15) is 0 Å². The summed E-state index contributed by atoms with van der Waals surface area (Å²) >= 11 is 0. The number of anilines is 1. The van der Waals surface area contributed by atoms with Crippen LogP contribution in [-0.4, -0.2) is 47.0 Å². The molecule has 0 aromatic heterocycles. The van der Waals surface area contributed by atoms with Crippen LogP contribution in [0, 0.1) is 0 Å². The van der Waals surface area contributed by atoms with E-state index in [0.717, 1.165) is 0 Å². The molecule has 0 bridgehead atoms. The van der Waals surface area contributed by atoms with E-state index in [1.54, 1.807) is 31.2 Å². The molecule has 1 aliphatic rings. The van der Waals surface area contributed by atoms with Gasteiger partial charge in [0.05, 0.1) is 30.6 Å². The second-order valence-electron chi connectivity index (χ2n) is 5.32. The molecule has 0 N–H and O–H groups in total. The van der Waals surface area contributed by atoms with Crippen molar-refractivity contribution in [3.63, 3.8) is 0 Å². The standard InChI is InChI=1S/C15H21NO5S/c1-11(20-2)10-22(18,19)16-9-8-13(15(17)21-3)12-6-4-5-7-14(12)16/h4-7,11,13H,8-10H2,1-3H3/t11-,13-/m0/s1. The molecule has 0 fully saturated rings. The fourth-order valence-electron chi connectivity index (χ4n) is 2.66. The Hall–Kier alpha value is -1.60. The average Bonchev–Trinajstić information content (AvgIpc) is 2.52. The molecule has 6 nitrogen and oxygen atoms in total. The minimum atomic E-state index is -3.51. The van der Waals surface area contributed by atoms with Gasteiger partial charge in [0, 0.05) is 13.7 Å². The van der Waals surface area contributed by atoms with Gasteiger partial charge < -0.3 is 9.47 Å². The number of carbonyl (C=O) groups excluding carboxylic acids is 1. The monoisotopic (exact) mass is 327 g/mol. The van der Waals surface area contributed by atoms with Gasteiger partial charge in [-0.25, -0.2) is 8.42 Å². The summed E-state index contributed by atoms with van der Waals surface area (Å²) < 4.78 is 36.4. The van der Waals surface area contributed by atoms with Crippen LogP contribution in [0.2, 0.25) is 0 Å². The van der Waals surface area contributed by atoms with Crippen molar-refractivity contribution in [1.29, 1.82) is 0 Å². The van der Waals surface area contributed by atoms with Gasteiger partial charge in [0.2, 0.25) is 10.0 Å². The quantitative estimate of drug-likeness (QED) is 0.767. The molecule has 22 heavy (non-hydrogen) atoms. The SMILES string of the molecule is COC(=O)[C@H]1CCN(S(=O)(=O)C[C@H](C)OC)c2ccccc21. The van der Waals surface area contributed by atoms with Crippen LogP contribution in [0.15, 0.2) is 24.3 Å². The number of ether oxygens (including phenoxy) is 2. The van der Waals surface area contributed by atoms with Crippen LogP contribution in [0.1, 0.15) is 24.8 Å². The Morgan fingerprint density at radius 1 is 1.36 bits per heavy atom. The summed E-state index contributed by atoms with van der Waals surface area (Å²) in [6.45, 7) is 1.97. The third-order valence-corrected chi connectivity index (χ3v) is 5.81. The predicted octanol–water partition coefficient (Wildman–Crippen LogP) is 1.52. The molecular formula is C15H21NO5S. The summed E-state index contributed by atoms with van der Waals surface area (Å²) in [5.41, 5.74) is 1.24. The molecule has 2 rings (SSSR count). The van der Waals surface area contributed by atoms with E-state index in [1.807, 2.05) is 0 Å². The minimum absolute atomic E-state index is 0.0965. The lowest BCUT2D eigenvalue weighted by molar-refractivity contribution is -0.142. The van der Waals surface area contributed by atoms with Crippen LogP contribution in [0.3, 0.4) is 0 Å². The lowest BCUT2D eigenvalue weighted by atomic mass is 9.91. The molecule has 0 saturated carbocycles. The lowest BCUT2D eigenvalue weighted by Gasteiger charge is -2.34. The van der Waals surface area contributed by atoms with E-state index in [2.05, 4.69) is 0 Å². The molecule has 1 aliphatic heterocycles. The van der Waals surface area contributed by atoms with E-state index in [0.29, 0.717) is 17.7 Å². The maximum absolute atomic E-state index is 12.6. The third kappa shape index (κ3) is 3.25. The molecule has 7 heteroatoms. The first kappa shape index (κ1) is 16.8. The van der Waals surface area contributed by atoms with Gasteiger partial charge in [-0.05, 0) is 25.0 Å². The van der Waals surface area contributed by atoms with Crippen LogP contribution in [0.5, 0.6) is 0 Å². The number of sulfonamides is 1. The summed E-state index contributed by atoms with van der Waals surface area (Å²) in [6, 6.07) is 7.06. The Labute approximate surface area is 131 Å². The number of esters is 1. The molecule has 0 aliphatic carbocycles. The summed E-state index contributed by atoms with van der Waals surface area (Å²) in [6.07, 6.45) is 0.0140. The van der Waals surface area contributed by atoms with Crippen molar-refractivity contribution >= 4 is 21.7 Å². The van der Waals surface area contributed by atoms with Gasteiger partial charge in [-0.1, -0.05) is 18.2 Å². The zero-order valence-corrected chi connectivity index (χ0v) is 13.8. The van der Waals surface area contributed by atoms with Crippen LogP contribution in [0.25, 0.3) is 0 Å². The van der Waals surface area contributed by atoms with Gasteiger partial charge in [-0.2, -0.15) is 0 Å². The van der Waals surface area contributed by atoms with Crippen LogP contribution in [-0.2, 0) is 24.3 Å². The maximum atomic E-state index is 12.6. The summed E-state index contributed by atoms with van der Waals surface area (Å²) in [7, 11) is -0.682. The second-order valence-corrected chi connectivity index (χ2v) is 7.26. The zero-order chi connectivity index (χ0) is 16.3. The number of nitrogens with zero attached hydrogens (tertiary/aromatic N) is 1. The third-order valence-electron chi connectivity index (χ3n) is 3.87. The van der Waals surface area contributed by atoms with E-state index in [4.69, 9.17) is 9.47 Å². The largest absolute Gasteiger partial charge is 0.469 e. The Morgan fingerprint density at radius 2 is 2.05 bits per heavy atom. The molecule has 1 aromatic rings. The molecule has 0 amide bonds. The Morgan fingerprint density at radius 3 is 2.68 bits per heavy atom. The van der Waals surface area contributed by atoms with Crippen molar-refractivity contribution in [1.82, 2.24) is 0 Å². The van der Waals surface area contributed by atoms with Crippen molar-refractivity contribution in [2.24, 2.45) is 0 Å². The maximum Gasteiger partial charge on any atom is 0.313 e. The number of hydrogen-bond donors (Lipinski definition) is 0. The van der Waals surface area contributed by atoms with Crippen molar-refractivity contribution in [2.75, 3.05) is 30.8 Å². The van der Waals surface area contributed by atoms with E-state index in [9.17, 15) is 13.2 Å². The molecule has 0 saturated heterocycles. The molecule has 0 radical (unpaired) electrons. The number of fused-ring (bicyclic) bond motifs is 1. The molecule has 1 aromatic carbocycles. The average molecular weight is 327 g/mol. The molecule has 1 heterocycles. The number of hydrogen-bond acceptors (Lipinski definition) is 5. The fourth-order valence-corrected chi connectivity index (χ4v) is 4.42.